The minimum atomic E-state index is -1.27. The molecule has 2 N–H and O–H groups in total. The summed E-state index contributed by atoms with van der Waals surface area (Å²) in [5.41, 5.74) is 0.897. The molecule has 0 radical (unpaired) electrons. The van der Waals surface area contributed by atoms with Crippen molar-refractivity contribution in [2.24, 2.45) is 0 Å². The molecule has 0 fully saturated rings. The molecule has 0 aliphatic rings. The summed E-state index contributed by atoms with van der Waals surface area (Å²) in [5, 5.41) is 15.5. The molecule has 0 bridgehead atoms. The Balaban J connectivity index is 0.00000400. The first-order chi connectivity index (χ1) is 9.52. The summed E-state index contributed by atoms with van der Waals surface area (Å²) in [5.74, 6) is -1.91. The summed E-state index contributed by atoms with van der Waals surface area (Å²) in [6.07, 6.45) is 0.350. The van der Waals surface area contributed by atoms with Gasteiger partial charge in [0.05, 0.1) is 0 Å². The van der Waals surface area contributed by atoms with Crippen molar-refractivity contribution in [2.75, 3.05) is 11.9 Å². The Morgan fingerprint density at radius 1 is 1.19 bits per heavy atom. The molecule has 0 unspecified atom stereocenters. The minimum Gasteiger partial charge on any atom is -0.550 e. The van der Waals surface area contributed by atoms with Gasteiger partial charge >= 0.3 is 29.6 Å². The van der Waals surface area contributed by atoms with Gasteiger partial charge in [0.2, 0.25) is 5.91 Å². The standard InChI is InChI=1S/C14H18N2O4.Na/c1-2-8-15-14(20)10-4-3-5-11(9-10)16-12(17)6-7-13(18)19;/h3-5,9H,2,6-8H2,1H3,(H,15,20)(H,16,17)(H,18,19);/q;+1/p-1. The molecular formula is C14H17N2NaO4. The molecule has 0 saturated carbocycles. The molecule has 0 aliphatic carbocycles. The van der Waals surface area contributed by atoms with E-state index in [-0.39, 0.29) is 48.3 Å². The van der Waals surface area contributed by atoms with Crippen molar-refractivity contribution in [1.29, 1.82) is 0 Å². The number of carboxylic acids is 1. The Kier molecular flexibility index (Phi) is 9.69. The van der Waals surface area contributed by atoms with E-state index in [1.165, 1.54) is 0 Å². The number of carbonyl (C=O) groups is 3. The second-order valence-electron chi connectivity index (χ2n) is 4.26. The smallest absolute Gasteiger partial charge is 0.550 e. The summed E-state index contributed by atoms with van der Waals surface area (Å²) in [6, 6.07) is 6.46. The zero-order chi connectivity index (χ0) is 15.0. The topological polar surface area (TPSA) is 98.3 Å². The van der Waals surface area contributed by atoms with Crippen LogP contribution < -0.4 is 45.3 Å². The van der Waals surface area contributed by atoms with Crippen LogP contribution in [0.1, 0.15) is 36.5 Å². The normalized spacial score (nSPS) is 9.38. The van der Waals surface area contributed by atoms with Gasteiger partial charge in [-0.25, -0.2) is 0 Å². The largest absolute Gasteiger partial charge is 1.00 e. The van der Waals surface area contributed by atoms with Crippen molar-refractivity contribution in [2.45, 2.75) is 26.2 Å². The molecule has 2 amide bonds. The molecule has 0 atom stereocenters. The van der Waals surface area contributed by atoms with Gasteiger partial charge in [-0.2, -0.15) is 0 Å². The molecule has 108 valence electrons. The van der Waals surface area contributed by atoms with Crippen LogP contribution in [0.4, 0.5) is 5.69 Å². The first-order valence-corrected chi connectivity index (χ1v) is 6.41. The second kappa shape index (κ2) is 10.4. The second-order valence-corrected chi connectivity index (χ2v) is 4.26. The molecular weight excluding hydrogens is 283 g/mol. The zero-order valence-corrected chi connectivity index (χ0v) is 14.3. The Hall–Kier alpha value is -1.37. The third kappa shape index (κ3) is 7.84. The van der Waals surface area contributed by atoms with Crippen LogP contribution in [0.3, 0.4) is 0 Å². The summed E-state index contributed by atoms with van der Waals surface area (Å²) < 4.78 is 0. The number of amides is 2. The van der Waals surface area contributed by atoms with E-state index in [2.05, 4.69) is 10.6 Å². The Morgan fingerprint density at radius 3 is 2.52 bits per heavy atom. The van der Waals surface area contributed by atoms with E-state index in [1.54, 1.807) is 24.3 Å². The fraction of sp³-hybridized carbons (Fsp3) is 0.357. The first kappa shape index (κ1) is 19.6. The van der Waals surface area contributed by atoms with Gasteiger partial charge in [0.15, 0.2) is 0 Å². The van der Waals surface area contributed by atoms with Crippen molar-refractivity contribution in [1.82, 2.24) is 5.32 Å². The quantitative estimate of drug-likeness (QED) is 0.535. The fourth-order valence-corrected chi connectivity index (χ4v) is 1.52. The first-order valence-electron chi connectivity index (χ1n) is 6.41. The Bertz CT molecular complexity index is 506. The number of benzene rings is 1. The van der Waals surface area contributed by atoms with Crippen LogP contribution in [0.15, 0.2) is 24.3 Å². The molecule has 1 aromatic carbocycles. The molecule has 1 aromatic rings. The monoisotopic (exact) mass is 300 g/mol. The number of aliphatic carboxylic acids is 1. The molecule has 0 spiro atoms. The number of rotatable bonds is 7. The number of carboxylic acid groups (broad SMARTS) is 1. The summed E-state index contributed by atoms with van der Waals surface area (Å²) in [7, 11) is 0. The van der Waals surface area contributed by atoms with E-state index in [1.807, 2.05) is 6.92 Å². The van der Waals surface area contributed by atoms with Gasteiger partial charge in [-0.3, -0.25) is 9.59 Å². The van der Waals surface area contributed by atoms with Crippen LogP contribution in [-0.4, -0.2) is 24.3 Å². The predicted octanol–water partition coefficient (Wildman–Crippen LogP) is -2.70. The molecule has 0 heterocycles. The molecule has 6 nitrogen and oxygen atoms in total. The van der Waals surface area contributed by atoms with E-state index < -0.39 is 11.9 Å². The molecule has 0 aromatic heterocycles. The van der Waals surface area contributed by atoms with Crippen LogP contribution in [0.5, 0.6) is 0 Å². The van der Waals surface area contributed by atoms with E-state index in [0.29, 0.717) is 17.8 Å². The third-order valence-electron chi connectivity index (χ3n) is 2.50. The Morgan fingerprint density at radius 2 is 1.90 bits per heavy atom. The number of carbonyl (C=O) groups excluding carboxylic acids is 3. The van der Waals surface area contributed by atoms with Crippen LogP contribution in [0, 0.1) is 0 Å². The van der Waals surface area contributed by atoms with Gasteiger partial charge in [0.25, 0.3) is 5.91 Å². The maximum atomic E-state index is 11.7. The number of hydrogen-bond acceptors (Lipinski definition) is 4. The van der Waals surface area contributed by atoms with Crippen molar-refractivity contribution < 1.29 is 49.0 Å². The average molecular weight is 300 g/mol. The molecule has 0 aliphatic heterocycles. The van der Waals surface area contributed by atoms with Gasteiger partial charge in [0.1, 0.15) is 0 Å². The summed E-state index contributed by atoms with van der Waals surface area (Å²) in [6.45, 7) is 2.54. The minimum absolute atomic E-state index is 0. The van der Waals surface area contributed by atoms with Gasteiger partial charge in [-0.15, -0.1) is 0 Å². The molecule has 1 rings (SSSR count). The van der Waals surface area contributed by atoms with E-state index in [9.17, 15) is 19.5 Å². The van der Waals surface area contributed by atoms with Gasteiger partial charge in [-0.1, -0.05) is 13.0 Å². The fourth-order valence-electron chi connectivity index (χ4n) is 1.52. The summed E-state index contributed by atoms with van der Waals surface area (Å²) in [4.78, 5) is 33.5. The van der Waals surface area contributed by atoms with Gasteiger partial charge in [-0.05, 0) is 31.0 Å². The SMILES string of the molecule is CCCNC(=O)c1cccc(NC(=O)CCC(=O)[O-])c1.[Na+]. The maximum absolute atomic E-state index is 11.7. The van der Waals surface area contributed by atoms with Crippen LogP contribution in [-0.2, 0) is 9.59 Å². The molecule has 7 heteroatoms. The van der Waals surface area contributed by atoms with Crippen molar-refractivity contribution in [3.8, 4) is 0 Å². The summed E-state index contributed by atoms with van der Waals surface area (Å²) >= 11 is 0. The van der Waals surface area contributed by atoms with E-state index in [4.69, 9.17) is 0 Å². The van der Waals surface area contributed by atoms with Crippen LogP contribution >= 0.6 is 0 Å². The maximum Gasteiger partial charge on any atom is 1.00 e. The molecule has 0 saturated heterocycles. The van der Waals surface area contributed by atoms with Crippen LogP contribution in [0.25, 0.3) is 0 Å². The third-order valence-corrected chi connectivity index (χ3v) is 2.50. The Labute approximate surface area is 145 Å². The van der Waals surface area contributed by atoms with Gasteiger partial charge in [0, 0.05) is 30.2 Å². The van der Waals surface area contributed by atoms with Crippen molar-refractivity contribution in [3.05, 3.63) is 29.8 Å². The van der Waals surface area contributed by atoms with Gasteiger partial charge < -0.3 is 20.5 Å². The van der Waals surface area contributed by atoms with Crippen molar-refractivity contribution in [3.63, 3.8) is 0 Å². The van der Waals surface area contributed by atoms with Crippen LogP contribution in [0.2, 0.25) is 0 Å². The molecule has 21 heavy (non-hydrogen) atoms. The predicted molar refractivity (Wildman–Crippen MR) is 71.9 cm³/mol. The van der Waals surface area contributed by atoms with Crippen molar-refractivity contribution >= 4 is 23.5 Å². The van der Waals surface area contributed by atoms with E-state index >= 15 is 0 Å². The number of hydrogen-bond donors (Lipinski definition) is 2. The average Bonchev–Trinajstić information content (AvgIpc) is 2.42. The number of nitrogens with one attached hydrogen (secondary N) is 2. The number of anilines is 1. The van der Waals surface area contributed by atoms with E-state index in [0.717, 1.165) is 6.42 Å². The zero-order valence-electron chi connectivity index (χ0n) is 12.3.